The summed E-state index contributed by atoms with van der Waals surface area (Å²) >= 11 is 0. The fraction of sp³-hybridized carbons (Fsp3) is 0.762. The van der Waals surface area contributed by atoms with Gasteiger partial charge in [-0.25, -0.2) is 4.79 Å². The minimum Gasteiger partial charge on any atom is -0.480 e. The first-order valence-corrected chi connectivity index (χ1v) is 11.6. The number of nitrogens with one attached hydrogen (secondary N) is 1. The Bertz CT molecular complexity index is 747. The van der Waals surface area contributed by atoms with Gasteiger partial charge < -0.3 is 37.4 Å². The summed E-state index contributed by atoms with van der Waals surface area (Å²) in [6.07, 6.45) is 3.57. The highest BCUT2D eigenvalue weighted by Crippen LogP contribution is 2.26. The molecule has 4 amide bonds. The Balaban J connectivity index is 2.11. The van der Waals surface area contributed by atoms with Crippen molar-refractivity contribution >= 4 is 29.6 Å². The van der Waals surface area contributed by atoms with Crippen molar-refractivity contribution in [3.05, 3.63) is 0 Å². The molecule has 33 heavy (non-hydrogen) atoms. The lowest BCUT2D eigenvalue weighted by Crippen LogP contribution is -2.57. The summed E-state index contributed by atoms with van der Waals surface area (Å²) in [5, 5.41) is 12.0. The lowest BCUT2D eigenvalue weighted by atomic mass is 10.1. The molecule has 0 radical (unpaired) electrons. The second-order valence-electron chi connectivity index (χ2n) is 8.67. The number of carbonyl (C=O) groups is 5. The van der Waals surface area contributed by atoms with E-state index in [1.54, 1.807) is 0 Å². The standard InChI is InChI=1S/C21H36N6O6/c22-10-2-1-5-13(23)18(29)25-14(8-9-17(24)28)19(30)26-11-3-6-15(26)20(31)27-12-4-7-16(27)21(32)33/h13-16H,1-12,22-23H2,(H2,24,28)(H,25,29)(H,32,33). The van der Waals surface area contributed by atoms with E-state index >= 15 is 0 Å². The highest BCUT2D eigenvalue weighted by molar-refractivity contribution is 5.95. The summed E-state index contributed by atoms with van der Waals surface area (Å²) in [5.41, 5.74) is 16.6. The van der Waals surface area contributed by atoms with Gasteiger partial charge in [-0.1, -0.05) is 6.42 Å². The number of primary amides is 1. The number of amides is 4. The number of likely N-dealkylation sites (tertiary alicyclic amines) is 2. The molecule has 8 N–H and O–H groups in total. The quantitative estimate of drug-likeness (QED) is 0.208. The first-order chi connectivity index (χ1) is 15.7. The highest BCUT2D eigenvalue weighted by Gasteiger charge is 2.43. The van der Waals surface area contributed by atoms with E-state index in [4.69, 9.17) is 17.2 Å². The van der Waals surface area contributed by atoms with Crippen molar-refractivity contribution in [3.63, 3.8) is 0 Å². The van der Waals surface area contributed by atoms with Crippen LogP contribution < -0.4 is 22.5 Å². The SMILES string of the molecule is NCCCCC(N)C(=O)NC(CCC(N)=O)C(=O)N1CCCC1C(=O)N1CCCC1C(=O)O. The van der Waals surface area contributed by atoms with Gasteiger partial charge in [0.2, 0.25) is 23.6 Å². The van der Waals surface area contributed by atoms with E-state index in [9.17, 15) is 29.1 Å². The summed E-state index contributed by atoms with van der Waals surface area (Å²) in [7, 11) is 0. The lowest BCUT2D eigenvalue weighted by molar-refractivity contribution is -0.152. The smallest absolute Gasteiger partial charge is 0.326 e. The number of hydrogen-bond acceptors (Lipinski definition) is 7. The third-order valence-corrected chi connectivity index (χ3v) is 6.24. The average molecular weight is 469 g/mol. The molecule has 2 heterocycles. The normalized spacial score (nSPS) is 22.1. The number of carbonyl (C=O) groups excluding carboxylic acids is 4. The van der Waals surface area contributed by atoms with Crippen LogP contribution in [0.25, 0.3) is 0 Å². The summed E-state index contributed by atoms with van der Waals surface area (Å²) in [6.45, 7) is 1.11. The van der Waals surface area contributed by atoms with Crippen LogP contribution in [-0.2, 0) is 24.0 Å². The van der Waals surface area contributed by atoms with Crippen molar-refractivity contribution in [3.8, 4) is 0 Å². The Morgan fingerprint density at radius 3 is 2.21 bits per heavy atom. The summed E-state index contributed by atoms with van der Waals surface area (Å²) in [5.74, 6) is -3.11. The van der Waals surface area contributed by atoms with E-state index in [1.165, 1.54) is 9.80 Å². The molecule has 0 aromatic heterocycles. The van der Waals surface area contributed by atoms with Gasteiger partial charge in [-0.15, -0.1) is 0 Å². The molecule has 2 saturated heterocycles. The topological polar surface area (TPSA) is 202 Å². The van der Waals surface area contributed by atoms with Gasteiger partial charge in [0.25, 0.3) is 0 Å². The van der Waals surface area contributed by atoms with Crippen molar-refractivity contribution < 1.29 is 29.1 Å². The van der Waals surface area contributed by atoms with Crippen LogP contribution in [0.15, 0.2) is 0 Å². The first kappa shape index (κ1) is 26.5. The molecular formula is C21H36N6O6. The van der Waals surface area contributed by atoms with Gasteiger partial charge in [0, 0.05) is 19.5 Å². The van der Waals surface area contributed by atoms with Crippen LogP contribution in [0, 0.1) is 0 Å². The number of unbranched alkanes of at least 4 members (excludes halogenated alkanes) is 1. The number of nitrogens with zero attached hydrogens (tertiary/aromatic N) is 2. The monoisotopic (exact) mass is 468 g/mol. The predicted octanol–water partition coefficient (Wildman–Crippen LogP) is -1.74. The summed E-state index contributed by atoms with van der Waals surface area (Å²) in [6, 6.07) is -3.60. The van der Waals surface area contributed by atoms with Gasteiger partial charge >= 0.3 is 5.97 Å². The summed E-state index contributed by atoms with van der Waals surface area (Å²) in [4.78, 5) is 64.5. The number of hydrogen-bond donors (Lipinski definition) is 5. The number of aliphatic carboxylic acids is 1. The van der Waals surface area contributed by atoms with E-state index in [1.807, 2.05) is 0 Å². The van der Waals surface area contributed by atoms with Crippen LogP contribution in [0.4, 0.5) is 0 Å². The molecule has 0 aromatic rings. The third kappa shape index (κ3) is 7.13. The second-order valence-corrected chi connectivity index (χ2v) is 8.67. The fourth-order valence-electron chi connectivity index (χ4n) is 4.43. The van der Waals surface area contributed by atoms with Crippen LogP contribution in [0.2, 0.25) is 0 Å². The van der Waals surface area contributed by atoms with Crippen molar-refractivity contribution in [1.82, 2.24) is 15.1 Å². The van der Waals surface area contributed by atoms with Crippen LogP contribution in [-0.4, -0.2) is 88.3 Å². The number of carboxylic acid groups (broad SMARTS) is 1. The molecule has 2 rings (SSSR count). The van der Waals surface area contributed by atoms with Gasteiger partial charge in [0.05, 0.1) is 6.04 Å². The predicted molar refractivity (Wildman–Crippen MR) is 118 cm³/mol. The molecule has 2 aliphatic heterocycles. The Hall–Kier alpha value is -2.73. The van der Waals surface area contributed by atoms with E-state index in [2.05, 4.69) is 5.32 Å². The Morgan fingerprint density at radius 2 is 1.61 bits per heavy atom. The van der Waals surface area contributed by atoms with Crippen LogP contribution in [0.3, 0.4) is 0 Å². The van der Waals surface area contributed by atoms with Gasteiger partial charge in [-0.2, -0.15) is 0 Å². The second kappa shape index (κ2) is 12.5. The molecular weight excluding hydrogens is 432 g/mol. The molecule has 2 fully saturated rings. The molecule has 0 saturated carbocycles. The maximum absolute atomic E-state index is 13.3. The zero-order valence-electron chi connectivity index (χ0n) is 18.9. The minimum absolute atomic E-state index is 0.0195. The van der Waals surface area contributed by atoms with Crippen LogP contribution in [0.5, 0.6) is 0 Å². The molecule has 186 valence electrons. The average Bonchev–Trinajstić information content (AvgIpc) is 3.45. The van der Waals surface area contributed by atoms with Crippen molar-refractivity contribution in [2.24, 2.45) is 17.2 Å². The van der Waals surface area contributed by atoms with E-state index in [-0.39, 0.29) is 12.8 Å². The highest BCUT2D eigenvalue weighted by atomic mass is 16.4. The molecule has 0 spiro atoms. The first-order valence-electron chi connectivity index (χ1n) is 11.6. The largest absolute Gasteiger partial charge is 0.480 e. The maximum Gasteiger partial charge on any atom is 0.326 e. The Kier molecular flexibility index (Phi) is 10.0. The zero-order valence-corrected chi connectivity index (χ0v) is 18.9. The van der Waals surface area contributed by atoms with Gasteiger partial charge in [-0.05, 0) is 51.5 Å². The molecule has 4 atom stereocenters. The zero-order chi connectivity index (χ0) is 24.5. The molecule has 4 unspecified atom stereocenters. The lowest BCUT2D eigenvalue weighted by Gasteiger charge is -2.32. The Labute approximate surface area is 193 Å². The van der Waals surface area contributed by atoms with Gasteiger partial charge in [-0.3, -0.25) is 19.2 Å². The van der Waals surface area contributed by atoms with Crippen LogP contribution in [0.1, 0.15) is 57.8 Å². The van der Waals surface area contributed by atoms with E-state index < -0.39 is 53.8 Å². The maximum atomic E-state index is 13.3. The molecule has 0 aromatic carbocycles. The molecule has 0 aliphatic carbocycles. The molecule has 0 bridgehead atoms. The van der Waals surface area contributed by atoms with Crippen LogP contribution >= 0.6 is 0 Å². The van der Waals surface area contributed by atoms with Gasteiger partial charge in [0.15, 0.2) is 0 Å². The number of rotatable bonds is 12. The van der Waals surface area contributed by atoms with Crippen molar-refractivity contribution in [1.29, 1.82) is 0 Å². The number of carboxylic acids is 1. The molecule has 12 heteroatoms. The summed E-state index contributed by atoms with van der Waals surface area (Å²) < 4.78 is 0. The minimum atomic E-state index is -1.06. The van der Waals surface area contributed by atoms with Gasteiger partial charge in [0.1, 0.15) is 18.1 Å². The van der Waals surface area contributed by atoms with Crippen molar-refractivity contribution in [2.45, 2.75) is 82.0 Å². The van der Waals surface area contributed by atoms with E-state index in [0.29, 0.717) is 58.2 Å². The fourth-order valence-corrected chi connectivity index (χ4v) is 4.43. The Morgan fingerprint density at radius 1 is 0.970 bits per heavy atom. The van der Waals surface area contributed by atoms with E-state index in [0.717, 1.165) is 6.42 Å². The molecule has 12 nitrogen and oxygen atoms in total. The van der Waals surface area contributed by atoms with Crippen molar-refractivity contribution in [2.75, 3.05) is 19.6 Å². The number of nitrogens with two attached hydrogens (primary N) is 3. The third-order valence-electron chi connectivity index (χ3n) is 6.24. The molecule has 2 aliphatic rings.